The van der Waals surface area contributed by atoms with Crippen molar-refractivity contribution < 1.29 is 15.0 Å². The highest BCUT2D eigenvalue weighted by Crippen LogP contribution is 2.27. The van der Waals surface area contributed by atoms with Gasteiger partial charge in [-0.3, -0.25) is 4.79 Å². The van der Waals surface area contributed by atoms with Crippen LogP contribution in [0.4, 0.5) is 0 Å². The third kappa shape index (κ3) is 2.17. The Balaban J connectivity index is 2.16. The molecule has 3 N–H and O–H groups in total. The second-order valence-electron chi connectivity index (χ2n) is 4.09. The number of nitrogens with one attached hydrogen (secondary N) is 1. The molecule has 0 radical (unpaired) electrons. The van der Waals surface area contributed by atoms with Crippen molar-refractivity contribution in [2.45, 2.75) is 12.8 Å². The van der Waals surface area contributed by atoms with Gasteiger partial charge >= 0.3 is 0 Å². The van der Waals surface area contributed by atoms with Gasteiger partial charge in [-0.1, -0.05) is 0 Å². The Bertz CT molecular complexity index is 397. The van der Waals surface area contributed by atoms with Crippen LogP contribution >= 0.6 is 0 Å². The van der Waals surface area contributed by atoms with Crippen LogP contribution in [0.3, 0.4) is 0 Å². The Morgan fingerprint density at radius 2 is 1.88 bits per heavy atom. The van der Waals surface area contributed by atoms with Gasteiger partial charge in [0.25, 0.3) is 0 Å². The van der Waals surface area contributed by atoms with Crippen molar-refractivity contribution >= 4 is 5.78 Å². The Morgan fingerprint density at radius 1 is 1.19 bits per heavy atom. The summed E-state index contributed by atoms with van der Waals surface area (Å²) in [7, 11) is 0. The smallest absolute Gasteiger partial charge is 0.166 e. The van der Waals surface area contributed by atoms with Crippen LogP contribution in [0, 0.1) is 5.92 Å². The van der Waals surface area contributed by atoms with Crippen molar-refractivity contribution in [2.75, 3.05) is 13.1 Å². The maximum Gasteiger partial charge on any atom is 0.166 e. The summed E-state index contributed by atoms with van der Waals surface area (Å²) in [6.45, 7) is 1.72. The Labute approximate surface area is 93.9 Å². The molecule has 0 aromatic heterocycles. The molecule has 1 aromatic rings. The van der Waals surface area contributed by atoms with Crippen molar-refractivity contribution in [3.05, 3.63) is 23.8 Å². The monoisotopic (exact) mass is 221 g/mol. The van der Waals surface area contributed by atoms with Crippen LogP contribution in [-0.4, -0.2) is 29.1 Å². The molecule has 1 aromatic carbocycles. The van der Waals surface area contributed by atoms with Crippen LogP contribution in [0.2, 0.25) is 0 Å². The lowest BCUT2D eigenvalue weighted by Crippen LogP contribution is -2.31. The molecule has 1 saturated heterocycles. The fraction of sp³-hybridized carbons (Fsp3) is 0.417. The highest BCUT2D eigenvalue weighted by Gasteiger charge is 2.22. The molecule has 1 aliphatic heterocycles. The van der Waals surface area contributed by atoms with Crippen molar-refractivity contribution in [1.29, 1.82) is 0 Å². The summed E-state index contributed by atoms with van der Waals surface area (Å²) < 4.78 is 0. The van der Waals surface area contributed by atoms with E-state index in [1.807, 2.05) is 0 Å². The lowest BCUT2D eigenvalue weighted by molar-refractivity contribution is 0.0894. The number of phenolic OH excluding ortho intramolecular Hbond substituents is 2. The van der Waals surface area contributed by atoms with E-state index in [0.717, 1.165) is 25.9 Å². The molecule has 2 rings (SSSR count). The zero-order valence-corrected chi connectivity index (χ0v) is 8.94. The Morgan fingerprint density at radius 3 is 2.50 bits per heavy atom. The number of phenols is 2. The minimum Gasteiger partial charge on any atom is -0.504 e. The average Bonchev–Trinajstić information content (AvgIpc) is 2.33. The Kier molecular flexibility index (Phi) is 3.10. The van der Waals surface area contributed by atoms with Crippen molar-refractivity contribution in [1.82, 2.24) is 5.32 Å². The molecule has 1 heterocycles. The van der Waals surface area contributed by atoms with Gasteiger partial charge in [-0.25, -0.2) is 0 Å². The van der Waals surface area contributed by atoms with Gasteiger partial charge in [0.2, 0.25) is 0 Å². The first-order valence-corrected chi connectivity index (χ1v) is 5.45. The van der Waals surface area contributed by atoms with Gasteiger partial charge in [0.05, 0.1) is 0 Å². The summed E-state index contributed by atoms with van der Waals surface area (Å²) in [5.41, 5.74) is 0.474. The summed E-state index contributed by atoms with van der Waals surface area (Å²) in [6.07, 6.45) is 1.67. The minimum absolute atomic E-state index is 0.0326. The van der Waals surface area contributed by atoms with E-state index in [9.17, 15) is 9.90 Å². The molecule has 0 bridgehead atoms. The van der Waals surface area contributed by atoms with Gasteiger partial charge < -0.3 is 15.5 Å². The van der Waals surface area contributed by atoms with Crippen LogP contribution < -0.4 is 5.32 Å². The SMILES string of the molecule is O=C(c1ccc(O)c(O)c1)C1CCNCC1. The number of carbonyl (C=O) groups is 1. The molecule has 0 spiro atoms. The molecule has 0 aliphatic carbocycles. The van der Waals surface area contributed by atoms with Crippen LogP contribution in [-0.2, 0) is 0 Å². The predicted molar refractivity (Wildman–Crippen MR) is 59.7 cm³/mol. The number of ketones is 1. The maximum absolute atomic E-state index is 12.0. The second-order valence-corrected chi connectivity index (χ2v) is 4.09. The lowest BCUT2D eigenvalue weighted by atomic mass is 9.89. The van der Waals surface area contributed by atoms with E-state index in [-0.39, 0.29) is 23.2 Å². The molecular weight excluding hydrogens is 206 g/mol. The largest absolute Gasteiger partial charge is 0.504 e. The van der Waals surface area contributed by atoms with Crippen LogP contribution in [0.25, 0.3) is 0 Å². The number of rotatable bonds is 2. The summed E-state index contributed by atoms with van der Waals surface area (Å²) in [4.78, 5) is 12.0. The quantitative estimate of drug-likeness (QED) is 0.519. The lowest BCUT2D eigenvalue weighted by Gasteiger charge is -2.21. The number of aromatic hydroxyl groups is 2. The molecule has 86 valence electrons. The molecule has 4 nitrogen and oxygen atoms in total. The predicted octanol–water partition coefficient (Wildman–Crippen LogP) is 1.28. The molecule has 0 unspecified atom stereocenters. The highest BCUT2D eigenvalue weighted by atomic mass is 16.3. The van der Waals surface area contributed by atoms with Crippen molar-refractivity contribution in [2.24, 2.45) is 5.92 Å². The number of hydrogen-bond acceptors (Lipinski definition) is 4. The van der Waals surface area contributed by atoms with Crippen LogP contribution in [0.5, 0.6) is 11.5 Å². The van der Waals surface area contributed by atoms with Gasteiger partial charge in [0.1, 0.15) is 0 Å². The van der Waals surface area contributed by atoms with Gasteiger partial charge in [-0.15, -0.1) is 0 Å². The summed E-state index contributed by atoms with van der Waals surface area (Å²) in [5, 5.41) is 21.7. The Hall–Kier alpha value is -1.55. The number of Topliss-reactive ketones (excluding diaryl/α,β-unsaturated/α-hetero) is 1. The van der Waals surface area contributed by atoms with E-state index in [1.165, 1.54) is 12.1 Å². The van der Waals surface area contributed by atoms with Crippen molar-refractivity contribution in [3.8, 4) is 11.5 Å². The third-order valence-corrected chi connectivity index (χ3v) is 2.97. The molecule has 1 fully saturated rings. The summed E-state index contributed by atoms with van der Waals surface area (Å²) in [6, 6.07) is 4.24. The number of hydrogen-bond donors (Lipinski definition) is 3. The van der Waals surface area contributed by atoms with E-state index in [0.29, 0.717) is 5.56 Å². The fourth-order valence-electron chi connectivity index (χ4n) is 2.00. The molecule has 16 heavy (non-hydrogen) atoms. The van der Waals surface area contributed by atoms with Gasteiger partial charge in [0, 0.05) is 11.5 Å². The standard InChI is InChI=1S/C12H15NO3/c14-10-2-1-9(7-11(10)15)12(16)8-3-5-13-6-4-8/h1-2,7-8,13-15H,3-6H2. The van der Waals surface area contributed by atoms with Crippen LogP contribution in [0.15, 0.2) is 18.2 Å². The first-order chi connectivity index (χ1) is 7.68. The molecular formula is C12H15NO3. The van der Waals surface area contributed by atoms with Gasteiger partial charge in [-0.05, 0) is 44.1 Å². The number of piperidine rings is 1. The van der Waals surface area contributed by atoms with E-state index in [2.05, 4.69) is 5.32 Å². The van der Waals surface area contributed by atoms with E-state index in [1.54, 1.807) is 6.07 Å². The first-order valence-electron chi connectivity index (χ1n) is 5.45. The number of carbonyl (C=O) groups excluding carboxylic acids is 1. The first kappa shape index (κ1) is 11.0. The van der Waals surface area contributed by atoms with Crippen LogP contribution in [0.1, 0.15) is 23.2 Å². The average molecular weight is 221 g/mol. The highest BCUT2D eigenvalue weighted by molar-refractivity contribution is 5.98. The van der Waals surface area contributed by atoms with E-state index < -0.39 is 0 Å². The number of benzene rings is 1. The minimum atomic E-state index is -0.236. The van der Waals surface area contributed by atoms with E-state index >= 15 is 0 Å². The normalized spacial score (nSPS) is 17.2. The third-order valence-electron chi connectivity index (χ3n) is 2.97. The molecule has 1 aliphatic rings. The van der Waals surface area contributed by atoms with Crippen molar-refractivity contribution in [3.63, 3.8) is 0 Å². The zero-order valence-electron chi connectivity index (χ0n) is 8.94. The molecule has 0 atom stereocenters. The van der Waals surface area contributed by atoms with E-state index in [4.69, 9.17) is 5.11 Å². The summed E-state index contributed by atoms with van der Waals surface area (Å²) in [5.74, 6) is -0.344. The van der Waals surface area contributed by atoms with Gasteiger partial charge in [0.15, 0.2) is 17.3 Å². The molecule has 0 amide bonds. The molecule has 4 heteroatoms. The zero-order chi connectivity index (χ0) is 11.5. The fourth-order valence-corrected chi connectivity index (χ4v) is 2.00. The summed E-state index contributed by atoms with van der Waals surface area (Å²) >= 11 is 0. The van der Waals surface area contributed by atoms with Gasteiger partial charge in [-0.2, -0.15) is 0 Å². The maximum atomic E-state index is 12.0. The molecule has 0 saturated carbocycles. The second kappa shape index (κ2) is 4.53. The topological polar surface area (TPSA) is 69.6 Å².